The molecule has 3 heteroatoms. The molecular formula is C9H19NO2. The van der Waals surface area contributed by atoms with Crippen molar-refractivity contribution in [2.45, 2.75) is 20.8 Å². The van der Waals surface area contributed by atoms with Gasteiger partial charge >= 0.3 is 0 Å². The summed E-state index contributed by atoms with van der Waals surface area (Å²) in [7, 11) is 0. The van der Waals surface area contributed by atoms with Crippen LogP contribution in [-0.4, -0.2) is 36.3 Å². The van der Waals surface area contributed by atoms with Crippen molar-refractivity contribution in [3.63, 3.8) is 0 Å². The van der Waals surface area contributed by atoms with E-state index < -0.39 is 0 Å². The second-order valence-electron chi connectivity index (χ2n) is 2.37. The van der Waals surface area contributed by atoms with Crippen LogP contribution in [0.3, 0.4) is 0 Å². The molecule has 1 N–H and O–H groups in total. The van der Waals surface area contributed by atoms with Crippen molar-refractivity contribution in [1.29, 1.82) is 0 Å². The Morgan fingerprint density at radius 1 is 1.42 bits per heavy atom. The van der Waals surface area contributed by atoms with Crippen LogP contribution >= 0.6 is 0 Å². The van der Waals surface area contributed by atoms with Gasteiger partial charge in [0.25, 0.3) is 0 Å². The van der Waals surface area contributed by atoms with E-state index in [2.05, 4.69) is 18.7 Å². The molecule has 72 valence electrons. The van der Waals surface area contributed by atoms with Gasteiger partial charge in [0.05, 0.1) is 6.61 Å². The lowest BCUT2D eigenvalue weighted by atomic mass is 10.5. The lowest BCUT2D eigenvalue weighted by Crippen LogP contribution is -2.24. The average molecular weight is 173 g/mol. The zero-order chi connectivity index (χ0) is 9.40. The Bertz CT molecular complexity index is 130. The van der Waals surface area contributed by atoms with Gasteiger partial charge in [-0.05, 0) is 26.8 Å². The van der Waals surface area contributed by atoms with Gasteiger partial charge in [-0.3, -0.25) is 0 Å². The first kappa shape index (κ1) is 11.3. The molecule has 0 aromatic rings. The summed E-state index contributed by atoms with van der Waals surface area (Å²) in [4.78, 5) is 2.11. The van der Waals surface area contributed by atoms with E-state index in [4.69, 9.17) is 9.84 Å². The van der Waals surface area contributed by atoms with Crippen molar-refractivity contribution in [1.82, 2.24) is 4.90 Å². The summed E-state index contributed by atoms with van der Waals surface area (Å²) >= 11 is 0. The third-order valence-corrected chi connectivity index (χ3v) is 1.66. The van der Waals surface area contributed by atoms with Gasteiger partial charge in [-0.2, -0.15) is 0 Å². The normalized spacial score (nSPS) is 11.5. The lowest BCUT2D eigenvalue weighted by Gasteiger charge is -2.23. The van der Waals surface area contributed by atoms with Gasteiger partial charge in [-0.15, -0.1) is 0 Å². The van der Waals surface area contributed by atoms with Gasteiger partial charge in [0.1, 0.15) is 6.61 Å². The molecule has 0 rings (SSSR count). The molecule has 0 spiro atoms. The summed E-state index contributed by atoms with van der Waals surface area (Å²) in [5, 5.41) is 8.57. The molecule has 0 atom stereocenters. The minimum Gasteiger partial charge on any atom is -0.477 e. The number of rotatable bonds is 6. The Morgan fingerprint density at radius 3 is 2.33 bits per heavy atom. The van der Waals surface area contributed by atoms with Crippen LogP contribution in [-0.2, 0) is 4.74 Å². The van der Waals surface area contributed by atoms with E-state index in [9.17, 15) is 0 Å². The van der Waals surface area contributed by atoms with Crippen LogP contribution in [0.4, 0.5) is 0 Å². The Morgan fingerprint density at radius 2 is 2.00 bits per heavy atom. The van der Waals surface area contributed by atoms with Crippen molar-refractivity contribution in [3.8, 4) is 0 Å². The molecule has 3 nitrogen and oxygen atoms in total. The van der Waals surface area contributed by atoms with E-state index in [0.717, 1.165) is 19.0 Å². The number of aliphatic hydroxyl groups excluding tert-OH is 1. The second kappa shape index (κ2) is 6.98. The molecule has 12 heavy (non-hydrogen) atoms. The zero-order valence-electron chi connectivity index (χ0n) is 8.21. The highest BCUT2D eigenvalue weighted by atomic mass is 16.5. The average Bonchev–Trinajstić information content (AvgIpc) is 2.12. The summed E-state index contributed by atoms with van der Waals surface area (Å²) in [6.45, 7) is 8.40. The molecule has 0 radical (unpaired) electrons. The molecule has 0 bridgehead atoms. The quantitative estimate of drug-likeness (QED) is 0.613. The first-order valence-electron chi connectivity index (χ1n) is 4.45. The van der Waals surface area contributed by atoms with Crippen molar-refractivity contribution in [3.05, 3.63) is 12.0 Å². The van der Waals surface area contributed by atoms with Crippen LogP contribution in [0.25, 0.3) is 0 Å². The first-order chi connectivity index (χ1) is 5.79. The third kappa shape index (κ3) is 3.62. The highest BCUT2D eigenvalue weighted by molar-refractivity contribution is 4.89. The van der Waals surface area contributed by atoms with Crippen molar-refractivity contribution in [2.24, 2.45) is 0 Å². The molecule has 0 saturated heterocycles. The summed E-state index contributed by atoms with van der Waals surface area (Å²) in [5.74, 6) is 0.856. The summed E-state index contributed by atoms with van der Waals surface area (Å²) in [6, 6.07) is 0. The van der Waals surface area contributed by atoms with E-state index in [1.807, 2.05) is 13.0 Å². The molecule has 0 unspecified atom stereocenters. The van der Waals surface area contributed by atoms with Crippen LogP contribution < -0.4 is 0 Å². The molecular weight excluding hydrogens is 154 g/mol. The van der Waals surface area contributed by atoms with Crippen molar-refractivity contribution >= 4 is 0 Å². The zero-order valence-corrected chi connectivity index (χ0v) is 8.21. The van der Waals surface area contributed by atoms with Gasteiger partial charge in [0.15, 0.2) is 5.88 Å². The van der Waals surface area contributed by atoms with Crippen LogP contribution in [0, 0.1) is 0 Å². The maximum atomic E-state index is 8.57. The lowest BCUT2D eigenvalue weighted by molar-refractivity contribution is 0.0863. The Labute approximate surface area is 74.6 Å². The minimum absolute atomic E-state index is 0.0681. The van der Waals surface area contributed by atoms with Crippen LogP contribution in [0.2, 0.25) is 0 Å². The fourth-order valence-corrected chi connectivity index (χ4v) is 1.04. The van der Waals surface area contributed by atoms with E-state index >= 15 is 0 Å². The number of hydrogen-bond acceptors (Lipinski definition) is 3. The maximum Gasteiger partial charge on any atom is 0.184 e. The molecule has 0 amide bonds. The Balaban J connectivity index is 3.95. The van der Waals surface area contributed by atoms with E-state index in [-0.39, 0.29) is 6.61 Å². The van der Waals surface area contributed by atoms with Gasteiger partial charge in [-0.1, -0.05) is 0 Å². The Hall–Kier alpha value is -0.700. The monoisotopic (exact) mass is 173 g/mol. The number of ether oxygens (including phenoxy) is 1. The van der Waals surface area contributed by atoms with Gasteiger partial charge in [0, 0.05) is 13.1 Å². The molecule has 0 aliphatic rings. The fourth-order valence-electron chi connectivity index (χ4n) is 1.04. The molecule has 0 aromatic heterocycles. The molecule has 0 aliphatic carbocycles. The molecule has 0 aliphatic heterocycles. The van der Waals surface area contributed by atoms with Crippen LogP contribution in [0.15, 0.2) is 12.0 Å². The Kier molecular flexibility index (Phi) is 6.57. The highest BCUT2D eigenvalue weighted by Gasteiger charge is 2.03. The molecule has 0 fully saturated rings. The van der Waals surface area contributed by atoms with Crippen LogP contribution in [0.5, 0.6) is 0 Å². The summed E-state index contributed by atoms with van der Waals surface area (Å²) in [6.07, 6.45) is 1.92. The summed E-state index contributed by atoms with van der Waals surface area (Å²) in [5.41, 5.74) is 0. The molecule has 0 aromatic carbocycles. The number of hydrogen-bond donors (Lipinski definition) is 1. The number of aliphatic hydroxyl groups is 1. The predicted octanol–water partition coefficient (Wildman–Crippen LogP) is 1.20. The van der Waals surface area contributed by atoms with Crippen LogP contribution in [0.1, 0.15) is 20.8 Å². The largest absolute Gasteiger partial charge is 0.477 e. The number of nitrogens with zero attached hydrogens (tertiary/aromatic N) is 1. The highest BCUT2D eigenvalue weighted by Crippen LogP contribution is 2.04. The second-order valence-corrected chi connectivity index (χ2v) is 2.37. The van der Waals surface area contributed by atoms with Crippen molar-refractivity contribution in [2.75, 3.05) is 26.3 Å². The molecule has 0 saturated carbocycles. The minimum atomic E-state index is 0.0681. The standard InChI is InChI=1S/C9H19NO2/c1-4-9(12-8-7-11)10(5-2)6-3/h4,11H,5-8H2,1-3H3/b9-4-. The van der Waals surface area contributed by atoms with Gasteiger partial charge < -0.3 is 14.7 Å². The topological polar surface area (TPSA) is 32.7 Å². The van der Waals surface area contributed by atoms with Gasteiger partial charge in [0.2, 0.25) is 0 Å². The van der Waals surface area contributed by atoms with E-state index in [0.29, 0.717) is 6.61 Å². The summed E-state index contributed by atoms with van der Waals surface area (Å²) < 4.78 is 5.32. The van der Waals surface area contributed by atoms with Crippen molar-refractivity contribution < 1.29 is 9.84 Å². The van der Waals surface area contributed by atoms with Gasteiger partial charge in [-0.25, -0.2) is 0 Å². The van der Waals surface area contributed by atoms with E-state index in [1.165, 1.54) is 0 Å². The third-order valence-electron chi connectivity index (χ3n) is 1.66. The molecule has 0 heterocycles. The first-order valence-corrected chi connectivity index (χ1v) is 4.45. The van der Waals surface area contributed by atoms with E-state index in [1.54, 1.807) is 0 Å². The smallest absolute Gasteiger partial charge is 0.184 e. The SMILES string of the molecule is C/C=C(\OCCO)N(CC)CC. The number of allylic oxidation sites excluding steroid dienone is 1. The maximum absolute atomic E-state index is 8.57. The fraction of sp³-hybridized carbons (Fsp3) is 0.778. The predicted molar refractivity (Wildman–Crippen MR) is 49.7 cm³/mol.